The van der Waals surface area contributed by atoms with Gasteiger partial charge in [0.15, 0.2) is 5.44 Å². The minimum atomic E-state index is -3.93. The van der Waals surface area contributed by atoms with E-state index in [1.165, 1.54) is 37.5 Å². The summed E-state index contributed by atoms with van der Waals surface area (Å²) in [7, 11) is 0.110. The highest BCUT2D eigenvalue weighted by molar-refractivity contribution is 7.58. The molecule has 0 saturated carbocycles. The van der Waals surface area contributed by atoms with Crippen molar-refractivity contribution in [3.05, 3.63) is 156 Å². The molecule has 330 valence electrons. The Balaban J connectivity index is 0.000000849. The van der Waals surface area contributed by atoms with Crippen LogP contribution in [0.4, 0.5) is 0 Å². The predicted octanol–water partition coefficient (Wildman–Crippen LogP) is 4.47. The highest BCUT2D eigenvalue weighted by atomic mass is 31.2. The largest absolute Gasteiger partial charge is 0.615 e. The Morgan fingerprint density at radius 2 is 1.02 bits per heavy atom. The molecule has 0 aliphatic rings. The zero-order valence-corrected chi connectivity index (χ0v) is 36.2. The van der Waals surface area contributed by atoms with E-state index < -0.39 is 56.1 Å². The average molecular weight is 889 g/mol. The maximum atomic E-state index is 12.3. The lowest BCUT2D eigenvalue weighted by Crippen LogP contribution is -2.42. The molecule has 3 aromatic carbocycles. The van der Waals surface area contributed by atoms with Crippen LogP contribution in [0.5, 0.6) is 0 Å². The molecule has 0 aliphatic heterocycles. The Labute approximate surface area is 353 Å². The average Bonchev–Trinajstić information content (AvgIpc) is 3.32. The van der Waals surface area contributed by atoms with E-state index in [-0.39, 0.29) is 17.2 Å². The number of carbonyl (C=O) groups excluding carboxylic acids is 6. The monoisotopic (exact) mass is 888 g/mol. The lowest BCUT2D eigenvalue weighted by molar-refractivity contribution is -0.354. The van der Waals surface area contributed by atoms with Crippen molar-refractivity contribution < 1.29 is 75.3 Å². The topological polar surface area (TPSA) is 260 Å². The maximum Gasteiger partial charge on any atom is 0.378 e. The normalized spacial score (nSPS) is 11.5. The molecule has 3 N–H and O–H groups in total. The van der Waals surface area contributed by atoms with Gasteiger partial charge in [0.25, 0.3) is 17.7 Å². The molecule has 1 atom stereocenters. The van der Waals surface area contributed by atoms with Gasteiger partial charge in [-0.3, -0.25) is 28.3 Å². The number of benzene rings is 3. The van der Waals surface area contributed by atoms with E-state index in [2.05, 4.69) is 52.4 Å². The smallest absolute Gasteiger partial charge is 0.378 e. The summed E-state index contributed by atoms with van der Waals surface area (Å²) in [6.45, 7) is 6.57. The fourth-order valence-electron chi connectivity index (χ4n) is 3.99. The SMILES string of the molecule is C=C/C=C(\NC(=O)c1ccccc1)C(=O)OC.C=CC=O.COC(=O)C(NC(=O)c1ccccc1)P(=O)(OC)OC.COC([O-])=C(NC(=O)c1ccccc1)P(=O)(OC)OC. The number of esters is 2. The Kier molecular flexibility index (Phi) is 26.6. The van der Waals surface area contributed by atoms with E-state index in [9.17, 15) is 38.2 Å². The third-order valence-corrected chi connectivity index (χ3v) is 10.8. The zero-order valence-electron chi connectivity index (χ0n) is 34.4. The van der Waals surface area contributed by atoms with Crippen LogP contribution < -0.4 is 21.1 Å². The number of hydrogen-bond acceptors (Lipinski definition) is 16. The van der Waals surface area contributed by atoms with Crippen molar-refractivity contribution in [1.82, 2.24) is 16.0 Å². The minimum Gasteiger partial charge on any atom is -0.615 e. The van der Waals surface area contributed by atoms with Crippen LogP contribution in [0.3, 0.4) is 0 Å². The molecule has 0 aliphatic carbocycles. The highest BCUT2D eigenvalue weighted by Crippen LogP contribution is 2.54. The second-order valence-corrected chi connectivity index (χ2v) is 15.2. The number of nitrogens with one attached hydrogen (secondary N) is 3. The molecule has 0 heterocycles. The van der Waals surface area contributed by atoms with Gasteiger partial charge in [-0.1, -0.05) is 73.8 Å². The summed E-state index contributed by atoms with van der Waals surface area (Å²) >= 11 is 0. The van der Waals surface area contributed by atoms with E-state index in [4.69, 9.17) is 13.8 Å². The number of hydrogen-bond donors (Lipinski definition) is 3. The van der Waals surface area contributed by atoms with Gasteiger partial charge in [-0.15, -0.1) is 0 Å². The summed E-state index contributed by atoms with van der Waals surface area (Å²) in [6.07, 6.45) is 4.62. The van der Waals surface area contributed by atoms with Crippen molar-refractivity contribution in [2.45, 2.75) is 5.78 Å². The molecule has 0 radical (unpaired) electrons. The minimum absolute atomic E-state index is 0.0522. The van der Waals surface area contributed by atoms with Gasteiger partial charge < -0.3 is 53.4 Å². The molecule has 0 aromatic heterocycles. The molecular weight excluding hydrogens is 840 g/mol. The van der Waals surface area contributed by atoms with Gasteiger partial charge in [0.1, 0.15) is 12.0 Å². The Hall–Kier alpha value is -6.46. The number of aldehydes is 1. The van der Waals surface area contributed by atoms with E-state index in [0.717, 1.165) is 42.7 Å². The summed E-state index contributed by atoms with van der Waals surface area (Å²) in [5.41, 5.74) is 0.536. The molecule has 3 rings (SSSR count). The summed E-state index contributed by atoms with van der Waals surface area (Å²) in [4.78, 5) is 67.8. The molecule has 3 aromatic rings. The molecule has 0 saturated heterocycles. The van der Waals surface area contributed by atoms with Crippen LogP contribution in [-0.2, 0) is 55.8 Å². The fourth-order valence-corrected chi connectivity index (χ4v) is 6.27. The Morgan fingerprint density at radius 1 is 0.607 bits per heavy atom. The molecular formula is C40H48N3O16P2-. The summed E-state index contributed by atoms with van der Waals surface area (Å²) in [5, 5.41) is 18.6. The van der Waals surface area contributed by atoms with Gasteiger partial charge in [-0.05, 0) is 55.7 Å². The third-order valence-electron chi connectivity index (χ3n) is 7.02. The van der Waals surface area contributed by atoms with Crippen LogP contribution in [0.15, 0.2) is 139 Å². The van der Waals surface area contributed by atoms with Crippen molar-refractivity contribution >= 4 is 51.1 Å². The van der Waals surface area contributed by atoms with Crippen molar-refractivity contribution in [1.29, 1.82) is 0 Å². The first-order valence-electron chi connectivity index (χ1n) is 17.1. The molecule has 0 fully saturated rings. The van der Waals surface area contributed by atoms with Gasteiger partial charge in [0.2, 0.25) is 5.78 Å². The number of carbonyl (C=O) groups is 6. The second-order valence-electron chi connectivity index (χ2n) is 10.7. The summed E-state index contributed by atoms with van der Waals surface area (Å²) < 4.78 is 56.8. The number of ether oxygens (including phenoxy) is 3. The lowest BCUT2D eigenvalue weighted by atomic mass is 10.2. The molecule has 1 unspecified atom stereocenters. The van der Waals surface area contributed by atoms with Crippen LogP contribution in [0.1, 0.15) is 31.1 Å². The van der Waals surface area contributed by atoms with Gasteiger partial charge >= 0.3 is 27.1 Å². The predicted molar refractivity (Wildman–Crippen MR) is 221 cm³/mol. The number of allylic oxidation sites excluding steroid dienone is 3. The van der Waals surface area contributed by atoms with Crippen LogP contribution >= 0.6 is 15.2 Å². The number of amides is 3. The van der Waals surface area contributed by atoms with Crippen LogP contribution in [-0.4, -0.2) is 91.5 Å². The van der Waals surface area contributed by atoms with Crippen molar-refractivity contribution in [3.63, 3.8) is 0 Å². The molecule has 19 nitrogen and oxygen atoms in total. The fraction of sp³-hybridized carbons (Fsp3) is 0.200. The van der Waals surface area contributed by atoms with Crippen LogP contribution in [0.25, 0.3) is 0 Å². The van der Waals surface area contributed by atoms with Crippen molar-refractivity contribution in [3.8, 4) is 0 Å². The first kappa shape index (κ1) is 54.5. The van der Waals surface area contributed by atoms with Gasteiger partial charge in [-0.2, -0.15) is 0 Å². The van der Waals surface area contributed by atoms with E-state index in [1.54, 1.807) is 78.9 Å². The van der Waals surface area contributed by atoms with Gasteiger partial charge in [0, 0.05) is 45.1 Å². The van der Waals surface area contributed by atoms with Gasteiger partial charge in [0.05, 0.1) is 20.2 Å². The van der Waals surface area contributed by atoms with E-state index in [0.29, 0.717) is 17.4 Å². The molecule has 21 heteroatoms. The number of methoxy groups -OCH3 is 3. The molecule has 0 spiro atoms. The first-order valence-corrected chi connectivity index (χ1v) is 20.2. The second kappa shape index (κ2) is 29.7. The van der Waals surface area contributed by atoms with Crippen molar-refractivity contribution in [2.24, 2.45) is 0 Å². The third kappa shape index (κ3) is 18.6. The highest BCUT2D eigenvalue weighted by Gasteiger charge is 2.42. The lowest BCUT2D eigenvalue weighted by Gasteiger charge is -2.23. The quantitative estimate of drug-likeness (QED) is 0.0422. The Morgan fingerprint density at radius 3 is 1.34 bits per heavy atom. The zero-order chi connectivity index (χ0) is 46.4. The molecule has 61 heavy (non-hydrogen) atoms. The standard InChI is InChI=1S/C13H13NO3.2C12H16NO6P.C3H4O/c1-3-7-11(13(16)17-2)14-12(15)10-8-5-4-6-9-10;2*1-17-12(15)11(20(16,18-2)19-3)13-10(14)9-7-5-4-6-8-9;1-2-3-4/h3-9H,1H2,2H3,(H,14,15);4-8,15H,1-3H3,(H,13,14);4-8,11H,1-3H3,(H,13,14);2-3H,1H2/p-1/b11-7-;;;. The molecule has 3 amide bonds. The maximum absolute atomic E-state index is 12.3. The molecule has 0 bridgehead atoms. The van der Waals surface area contributed by atoms with Gasteiger partial charge in [-0.25, -0.2) is 9.59 Å². The van der Waals surface area contributed by atoms with Crippen LogP contribution in [0.2, 0.25) is 0 Å². The van der Waals surface area contributed by atoms with E-state index >= 15 is 0 Å². The number of rotatable bonds is 17. The van der Waals surface area contributed by atoms with Crippen molar-refractivity contribution in [2.75, 3.05) is 49.8 Å². The van der Waals surface area contributed by atoms with E-state index in [1.807, 2.05) is 0 Å². The summed E-state index contributed by atoms with van der Waals surface area (Å²) in [5.74, 6) is -5.65. The summed E-state index contributed by atoms with van der Waals surface area (Å²) in [6, 6.07) is 24.9. The van der Waals surface area contributed by atoms with Crippen LogP contribution in [0, 0.1) is 0 Å². The first-order chi connectivity index (χ1) is 29.1. The Bertz CT molecular complexity index is 2040.